The number of hydrogen-bond acceptors (Lipinski definition) is 4. The normalized spacial score (nSPS) is 18.2. The molecule has 1 N–H and O–H groups in total. The second-order valence-electron chi connectivity index (χ2n) is 7.93. The molecule has 25 heavy (non-hydrogen) atoms. The molecule has 2 heterocycles. The number of anilines is 2. The Morgan fingerprint density at radius 3 is 2.56 bits per heavy atom. The lowest BCUT2D eigenvalue weighted by atomic mass is 10.0. The van der Waals surface area contributed by atoms with E-state index in [-0.39, 0.29) is 5.54 Å². The topological polar surface area (TPSA) is 41.1 Å². The molecule has 134 valence electrons. The molecule has 0 saturated carbocycles. The number of aromatic nitrogens is 2. The minimum atomic E-state index is -0.0361. The fourth-order valence-electron chi connectivity index (χ4n) is 3.46. The van der Waals surface area contributed by atoms with Crippen molar-refractivity contribution in [2.75, 3.05) is 16.8 Å². The second-order valence-corrected chi connectivity index (χ2v) is 7.93. The van der Waals surface area contributed by atoms with Crippen molar-refractivity contribution in [3.8, 4) is 11.3 Å². The minimum Gasteiger partial charge on any atom is -0.365 e. The largest absolute Gasteiger partial charge is 0.365 e. The van der Waals surface area contributed by atoms with Crippen molar-refractivity contribution in [2.45, 2.75) is 65.0 Å². The van der Waals surface area contributed by atoms with Crippen LogP contribution in [-0.4, -0.2) is 28.1 Å². The Kier molecular flexibility index (Phi) is 5.26. The van der Waals surface area contributed by atoms with E-state index in [0.717, 1.165) is 36.0 Å². The average molecular weight is 338 g/mol. The summed E-state index contributed by atoms with van der Waals surface area (Å²) in [5.41, 5.74) is 2.08. The van der Waals surface area contributed by atoms with Gasteiger partial charge in [-0.2, -0.15) is 4.98 Å². The van der Waals surface area contributed by atoms with Gasteiger partial charge in [0.1, 0.15) is 5.82 Å². The number of rotatable bonds is 4. The van der Waals surface area contributed by atoms with E-state index in [1.54, 1.807) is 0 Å². The third kappa shape index (κ3) is 4.50. The molecule has 4 nitrogen and oxygen atoms in total. The summed E-state index contributed by atoms with van der Waals surface area (Å²) in [6.45, 7) is 9.79. The van der Waals surface area contributed by atoms with Gasteiger partial charge in [-0.3, -0.25) is 0 Å². The van der Waals surface area contributed by atoms with Crippen LogP contribution in [0.3, 0.4) is 0 Å². The molecule has 1 aromatic heterocycles. The van der Waals surface area contributed by atoms with Crippen molar-refractivity contribution in [3.05, 3.63) is 36.4 Å². The molecule has 1 aromatic carbocycles. The summed E-state index contributed by atoms with van der Waals surface area (Å²) in [4.78, 5) is 12.2. The number of hydrogen-bond donors (Lipinski definition) is 1. The Balaban J connectivity index is 2.03. The first-order chi connectivity index (χ1) is 12.0. The van der Waals surface area contributed by atoms with Crippen LogP contribution in [-0.2, 0) is 0 Å². The Bertz CT molecular complexity index is 691. The van der Waals surface area contributed by atoms with Crippen molar-refractivity contribution in [3.63, 3.8) is 0 Å². The van der Waals surface area contributed by atoms with Crippen molar-refractivity contribution >= 4 is 11.8 Å². The smallest absolute Gasteiger partial charge is 0.228 e. The van der Waals surface area contributed by atoms with E-state index in [1.807, 2.05) is 6.07 Å². The fraction of sp³-hybridized carbons (Fsp3) is 0.524. The van der Waals surface area contributed by atoms with Gasteiger partial charge >= 0.3 is 0 Å². The van der Waals surface area contributed by atoms with Crippen molar-refractivity contribution in [2.24, 2.45) is 0 Å². The number of piperidine rings is 1. The minimum absolute atomic E-state index is 0.0361. The van der Waals surface area contributed by atoms with E-state index in [0.29, 0.717) is 6.04 Å². The first-order valence-corrected chi connectivity index (χ1v) is 9.45. The van der Waals surface area contributed by atoms with E-state index >= 15 is 0 Å². The van der Waals surface area contributed by atoms with Crippen LogP contribution < -0.4 is 10.2 Å². The molecule has 0 spiro atoms. The van der Waals surface area contributed by atoms with E-state index in [9.17, 15) is 0 Å². The molecule has 1 saturated heterocycles. The predicted octanol–water partition coefficient (Wildman–Crippen LogP) is 5.12. The van der Waals surface area contributed by atoms with Gasteiger partial charge in [-0.25, -0.2) is 4.98 Å². The molecule has 2 aromatic rings. The van der Waals surface area contributed by atoms with Gasteiger partial charge in [0.25, 0.3) is 0 Å². The van der Waals surface area contributed by atoms with Crippen LogP contribution in [0, 0.1) is 0 Å². The van der Waals surface area contributed by atoms with Crippen molar-refractivity contribution in [1.82, 2.24) is 9.97 Å². The first kappa shape index (κ1) is 17.7. The molecule has 0 bridgehead atoms. The maximum absolute atomic E-state index is 4.93. The lowest BCUT2D eigenvalue weighted by molar-refractivity contribution is 0.443. The van der Waals surface area contributed by atoms with Gasteiger partial charge < -0.3 is 10.2 Å². The van der Waals surface area contributed by atoms with Crippen molar-refractivity contribution in [1.29, 1.82) is 0 Å². The summed E-state index contributed by atoms with van der Waals surface area (Å²) in [5, 5.41) is 3.53. The molecule has 1 unspecified atom stereocenters. The van der Waals surface area contributed by atoms with Gasteiger partial charge in [-0.15, -0.1) is 0 Å². The lowest BCUT2D eigenvalue weighted by Crippen LogP contribution is -2.40. The first-order valence-electron chi connectivity index (χ1n) is 9.45. The third-order valence-electron chi connectivity index (χ3n) is 4.64. The molecule has 0 radical (unpaired) electrons. The van der Waals surface area contributed by atoms with E-state index in [1.165, 1.54) is 19.3 Å². The highest BCUT2D eigenvalue weighted by atomic mass is 15.3. The maximum Gasteiger partial charge on any atom is 0.228 e. The standard InChI is InChI=1S/C21H30N4/c1-5-17-13-9-10-14-25(17)20-22-18(16-11-7-6-8-12-16)15-19(23-20)24-21(2,3)4/h6-8,11-12,15,17H,5,9-10,13-14H2,1-4H3,(H,22,23,24). The Hall–Kier alpha value is -2.10. The second kappa shape index (κ2) is 7.42. The van der Waals surface area contributed by atoms with Crippen LogP contribution >= 0.6 is 0 Å². The quantitative estimate of drug-likeness (QED) is 0.840. The molecule has 0 aliphatic carbocycles. The van der Waals surface area contributed by atoms with E-state index < -0.39 is 0 Å². The third-order valence-corrected chi connectivity index (χ3v) is 4.64. The fourth-order valence-corrected chi connectivity index (χ4v) is 3.46. The number of benzene rings is 1. The summed E-state index contributed by atoms with van der Waals surface area (Å²) >= 11 is 0. The highest BCUT2D eigenvalue weighted by Crippen LogP contribution is 2.28. The summed E-state index contributed by atoms with van der Waals surface area (Å²) in [6, 6.07) is 13.0. The molecular formula is C21H30N4. The van der Waals surface area contributed by atoms with Crippen LogP contribution in [0.25, 0.3) is 11.3 Å². The molecule has 1 aliphatic rings. The Morgan fingerprint density at radius 2 is 1.88 bits per heavy atom. The van der Waals surface area contributed by atoms with Gasteiger partial charge in [-0.05, 0) is 46.5 Å². The zero-order chi connectivity index (χ0) is 17.9. The zero-order valence-corrected chi connectivity index (χ0v) is 15.9. The van der Waals surface area contributed by atoms with Crippen LogP contribution in [0.4, 0.5) is 11.8 Å². The highest BCUT2D eigenvalue weighted by Gasteiger charge is 2.24. The molecule has 3 rings (SSSR count). The zero-order valence-electron chi connectivity index (χ0n) is 15.9. The van der Waals surface area contributed by atoms with Gasteiger partial charge in [0, 0.05) is 29.8 Å². The molecule has 4 heteroatoms. The highest BCUT2D eigenvalue weighted by molar-refractivity contribution is 5.65. The molecule has 1 fully saturated rings. The number of nitrogens with zero attached hydrogens (tertiary/aromatic N) is 3. The van der Waals surface area contributed by atoms with Crippen LogP contribution in [0.1, 0.15) is 53.4 Å². The number of nitrogens with one attached hydrogen (secondary N) is 1. The molecule has 1 atom stereocenters. The average Bonchev–Trinajstić information content (AvgIpc) is 2.60. The summed E-state index contributed by atoms with van der Waals surface area (Å²) in [6.07, 6.45) is 4.90. The van der Waals surface area contributed by atoms with Gasteiger partial charge in [0.2, 0.25) is 5.95 Å². The lowest BCUT2D eigenvalue weighted by Gasteiger charge is -2.35. The predicted molar refractivity (Wildman–Crippen MR) is 106 cm³/mol. The monoisotopic (exact) mass is 338 g/mol. The maximum atomic E-state index is 4.93. The molecular weight excluding hydrogens is 308 g/mol. The molecule has 1 aliphatic heterocycles. The molecule has 0 amide bonds. The van der Waals surface area contributed by atoms with Crippen LogP contribution in [0.5, 0.6) is 0 Å². The Labute approximate surface area is 151 Å². The van der Waals surface area contributed by atoms with Gasteiger partial charge in [-0.1, -0.05) is 37.3 Å². The van der Waals surface area contributed by atoms with Crippen LogP contribution in [0.15, 0.2) is 36.4 Å². The van der Waals surface area contributed by atoms with Crippen molar-refractivity contribution < 1.29 is 0 Å². The Morgan fingerprint density at radius 1 is 1.12 bits per heavy atom. The summed E-state index contributed by atoms with van der Waals surface area (Å²) < 4.78 is 0. The van der Waals surface area contributed by atoms with E-state index in [2.05, 4.69) is 68.2 Å². The van der Waals surface area contributed by atoms with Crippen LogP contribution in [0.2, 0.25) is 0 Å². The van der Waals surface area contributed by atoms with Gasteiger partial charge in [0.15, 0.2) is 0 Å². The summed E-state index contributed by atoms with van der Waals surface area (Å²) in [5.74, 6) is 1.76. The van der Waals surface area contributed by atoms with E-state index in [4.69, 9.17) is 9.97 Å². The van der Waals surface area contributed by atoms with Gasteiger partial charge in [0.05, 0.1) is 5.69 Å². The summed E-state index contributed by atoms with van der Waals surface area (Å²) in [7, 11) is 0. The SMILES string of the molecule is CCC1CCCCN1c1nc(NC(C)(C)C)cc(-c2ccccc2)n1.